The van der Waals surface area contributed by atoms with Gasteiger partial charge in [0.15, 0.2) is 0 Å². The van der Waals surface area contributed by atoms with E-state index < -0.39 is 0 Å². The number of ether oxygens (including phenoxy) is 1. The topological polar surface area (TPSA) is 84.7 Å². The maximum Gasteiger partial charge on any atom is 0.317 e. The van der Waals surface area contributed by atoms with Gasteiger partial charge < -0.3 is 20.7 Å². The number of methoxy groups -OCH3 is 1. The summed E-state index contributed by atoms with van der Waals surface area (Å²) in [7, 11) is 1.64. The molecule has 24 heavy (non-hydrogen) atoms. The predicted molar refractivity (Wildman–Crippen MR) is 90.5 cm³/mol. The molecule has 0 radical (unpaired) electrons. The van der Waals surface area contributed by atoms with Crippen molar-refractivity contribution in [2.24, 2.45) is 17.6 Å². The van der Waals surface area contributed by atoms with Gasteiger partial charge in [-0.15, -0.1) is 0 Å². The summed E-state index contributed by atoms with van der Waals surface area (Å²) in [6.07, 6.45) is 3.58. The molecule has 0 aromatic heterocycles. The monoisotopic (exact) mass is 331 g/mol. The van der Waals surface area contributed by atoms with Crippen molar-refractivity contribution in [2.45, 2.75) is 31.7 Å². The molecule has 2 aliphatic rings. The maximum absolute atomic E-state index is 12.6. The number of nitrogens with two attached hydrogens (primary N) is 1. The van der Waals surface area contributed by atoms with Gasteiger partial charge in [-0.25, -0.2) is 4.79 Å². The molecule has 3 N–H and O–H groups in total. The molecule has 130 valence electrons. The van der Waals surface area contributed by atoms with Crippen LogP contribution in [-0.4, -0.2) is 37.0 Å². The van der Waals surface area contributed by atoms with Crippen LogP contribution in [0.15, 0.2) is 24.3 Å². The SMILES string of the molecule is COc1ccc([C@H](NC(=O)N2CCC(C(N)=O)CC2)C2CC2)cc1. The van der Waals surface area contributed by atoms with Crippen molar-refractivity contribution < 1.29 is 14.3 Å². The Kier molecular flexibility index (Phi) is 4.92. The van der Waals surface area contributed by atoms with Crippen LogP contribution in [0.5, 0.6) is 5.75 Å². The highest BCUT2D eigenvalue weighted by Gasteiger charge is 2.35. The number of piperidine rings is 1. The molecule has 0 unspecified atom stereocenters. The number of likely N-dealkylation sites (tertiary alicyclic amines) is 1. The molecule has 3 amide bonds. The van der Waals surface area contributed by atoms with Crippen molar-refractivity contribution in [1.29, 1.82) is 0 Å². The fraction of sp³-hybridized carbons (Fsp3) is 0.556. The van der Waals surface area contributed by atoms with Crippen molar-refractivity contribution in [1.82, 2.24) is 10.2 Å². The van der Waals surface area contributed by atoms with Crippen molar-refractivity contribution in [3.05, 3.63) is 29.8 Å². The molecular formula is C18H25N3O3. The number of primary amides is 1. The number of urea groups is 1. The van der Waals surface area contributed by atoms with E-state index in [4.69, 9.17) is 10.5 Å². The number of carbonyl (C=O) groups excluding carboxylic acids is 2. The normalized spacial score (nSPS) is 19.6. The van der Waals surface area contributed by atoms with Gasteiger partial charge in [0.05, 0.1) is 13.2 Å². The molecular weight excluding hydrogens is 306 g/mol. The molecule has 1 saturated heterocycles. The van der Waals surface area contributed by atoms with Crippen molar-refractivity contribution in [3.63, 3.8) is 0 Å². The standard InChI is InChI=1S/C18H25N3O3/c1-24-15-6-4-13(5-7-15)16(12-2-3-12)20-18(23)21-10-8-14(9-11-21)17(19)22/h4-7,12,14,16H,2-3,8-11H2,1H3,(H2,19,22)(H,20,23)/t16-/m1/s1. The number of rotatable bonds is 5. The zero-order chi connectivity index (χ0) is 17.1. The second-order valence-corrected chi connectivity index (χ2v) is 6.70. The van der Waals surface area contributed by atoms with Gasteiger partial charge in [0.25, 0.3) is 0 Å². The summed E-state index contributed by atoms with van der Waals surface area (Å²) in [6, 6.07) is 7.87. The van der Waals surface area contributed by atoms with Crippen LogP contribution in [-0.2, 0) is 4.79 Å². The number of benzene rings is 1. The Hall–Kier alpha value is -2.24. The van der Waals surface area contributed by atoms with Gasteiger partial charge in [0.2, 0.25) is 5.91 Å². The van der Waals surface area contributed by atoms with E-state index in [1.165, 1.54) is 0 Å². The number of carbonyl (C=O) groups is 2. The van der Waals surface area contributed by atoms with E-state index in [0.717, 1.165) is 24.2 Å². The van der Waals surface area contributed by atoms with Crippen LogP contribution in [0.4, 0.5) is 4.79 Å². The van der Waals surface area contributed by atoms with Crippen LogP contribution < -0.4 is 15.8 Å². The molecule has 1 atom stereocenters. The van der Waals surface area contributed by atoms with Crippen LogP contribution >= 0.6 is 0 Å². The van der Waals surface area contributed by atoms with Crippen LogP contribution in [0.25, 0.3) is 0 Å². The molecule has 1 aliphatic carbocycles. The zero-order valence-electron chi connectivity index (χ0n) is 14.0. The lowest BCUT2D eigenvalue weighted by Gasteiger charge is -2.32. The quantitative estimate of drug-likeness (QED) is 0.866. The lowest BCUT2D eigenvalue weighted by Crippen LogP contribution is -2.47. The number of nitrogens with zero attached hydrogens (tertiary/aromatic N) is 1. The molecule has 1 saturated carbocycles. The third-order valence-corrected chi connectivity index (χ3v) is 5.03. The van der Waals surface area contributed by atoms with Gasteiger partial charge in [0, 0.05) is 19.0 Å². The van der Waals surface area contributed by atoms with Crippen LogP contribution in [0.3, 0.4) is 0 Å². The molecule has 1 heterocycles. The van der Waals surface area contributed by atoms with E-state index in [1.807, 2.05) is 24.3 Å². The predicted octanol–water partition coefficient (Wildman–Crippen LogP) is 2.05. The number of hydrogen-bond donors (Lipinski definition) is 2. The Balaban J connectivity index is 1.61. The van der Waals surface area contributed by atoms with Crippen molar-refractivity contribution in [2.75, 3.05) is 20.2 Å². The third-order valence-electron chi connectivity index (χ3n) is 5.03. The average Bonchev–Trinajstić information content (AvgIpc) is 3.44. The molecule has 1 aromatic rings. The first-order valence-electron chi connectivity index (χ1n) is 8.57. The van der Waals surface area contributed by atoms with Gasteiger partial charge in [-0.05, 0) is 49.3 Å². The second kappa shape index (κ2) is 7.11. The highest BCUT2D eigenvalue weighted by Crippen LogP contribution is 2.41. The Morgan fingerprint density at radius 3 is 2.29 bits per heavy atom. The second-order valence-electron chi connectivity index (χ2n) is 6.70. The number of nitrogens with one attached hydrogen (secondary N) is 1. The van der Waals surface area contributed by atoms with Crippen LogP contribution in [0, 0.1) is 11.8 Å². The largest absolute Gasteiger partial charge is 0.497 e. The Labute approximate surface area is 142 Å². The minimum absolute atomic E-state index is 0.0391. The van der Waals surface area contributed by atoms with Gasteiger partial charge in [0.1, 0.15) is 5.75 Å². The molecule has 1 aromatic carbocycles. The smallest absolute Gasteiger partial charge is 0.317 e. The van der Waals surface area contributed by atoms with Gasteiger partial charge in [-0.3, -0.25) is 4.79 Å². The third kappa shape index (κ3) is 3.80. The molecule has 6 nitrogen and oxygen atoms in total. The molecule has 0 bridgehead atoms. The first kappa shape index (κ1) is 16.6. The summed E-state index contributed by atoms with van der Waals surface area (Å²) in [5.41, 5.74) is 6.46. The number of amides is 3. The fourth-order valence-electron chi connectivity index (χ4n) is 3.31. The zero-order valence-corrected chi connectivity index (χ0v) is 14.0. The Morgan fingerprint density at radius 2 is 1.79 bits per heavy atom. The molecule has 2 fully saturated rings. The van der Waals surface area contributed by atoms with Gasteiger partial charge in [-0.1, -0.05) is 12.1 Å². The Morgan fingerprint density at radius 1 is 1.17 bits per heavy atom. The fourth-order valence-corrected chi connectivity index (χ4v) is 3.31. The number of hydrogen-bond acceptors (Lipinski definition) is 3. The highest BCUT2D eigenvalue weighted by molar-refractivity contribution is 5.78. The maximum atomic E-state index is 12.6. The van der Waals surface area contributed by atoms with Crippen LogP contribution in [0.2, 0.25) is 0 Å². The average molecular weight is 331 g/mol. The summed E-state index contributed by atoms with van der Waals surface area (Å²) in [4.78, 5) is 25.6. The van der Waals surface area contributed by atoms with Crippen molar-refractivity contribution in [3.8, 4) is 5.75 Å². The molecule has 1 aliphatic heterocycles. The highest BCUT2D eigenvalue weighted by atomic mass is 16.5. The van der Waals surface area contributed by atoms with E-state index >= 15 is 0 Å². The summed E-state index contributed by atoms with van der Waals surface area (Å²) in [5.74, 6) is 0.956. The first-order valence-corrected chi connectivity index (χ1v) is 8.57. The minimum Gasteiger partial charge on any atom is -0.497 e. The Bertz CT molecular complexity index is 590. The summed E-state index contributed by atoms with van der Waals surface area (Å²) in [5, 5.41) is 3.18. The van der Waals surface area contributed by atoms with E-state index in [0.29, 0.717) is 31.8 Å². The van der Waals surface area contributed by atoms with E-state index in [2.05, 4.69) is 5.32 Å². The van der Waals surface area contributed by atoms with Crippen LogP contribution in [0.1, 0.15) is 37.3 Å². The van der Waals surface area contributed by atoms with E-state index in [1.54, 1.807) is 12.0 Å². The van der Waals surface area contributed by atoms with E-state index in [9.17, 15) is 9.59 Å². The lowest BCUT2D eigenvalue weighted by atomic mass is 9.96. The molecule has 6 heteroatoms. The van der Waals surface area contributed by atoms with Crippen molar-refractivity contribution >= 4 is 11.9 Å². The summed E-state index contributed by atoms with van der Waals surface area (Å²) in [6.45, 7) is 1.17. The minimum atomic E-state index is -0.260. The summed E-state index contributed by atoms with van der Waals surface area (Å²) < 4.78 is 5.20. The molecule has 3 rings (SSSR count). The van der Waals surface area contributed by atoms with Gasteiger partial charge in [-0.2, -0.15) is 0 Å². The van der Waals surface area contributed by atoms with Gasteiger partial charge >= 0.3 is 6.03 Å². The first-order chi connectivity index (χ1) is 11.6. The summed E-state index contributed by atoms with van der Waals surface area (Å²) >= 11 is 0. The lowest BCUT2D eigenvalue weighted by molar-refractivity contribution is -0.123. The molecule has 0 spiro atoms. The van der Waals surface area contributed by atoms with E-state index in [-0.39, 0.29) is 23.9 Å².